The Hall–Kier alpha value is -3.78. The number of nitrogen functional groups attached to an aromatic ring is 1. The monoisotopic (exact) mass is 341 g/mol. The van der Waals surface area contributed by atoms with E-state index in [4.69, 9.17) is 14.9 Å². The number of hydrogen-bond donors (Lipinski definition) is 1. The summed E-state index contributed by atoms with van der Waals surface area (Å²) in [5.41, 5.74) is 9.09. The molecule has 0 radical (unpaired) electrons. The lowest BCUT2D eigenvalue weighted by molar-refractivity contribution is 0.415. The van der Waals surface area contributed by atoms with Gasteiger partial charge in [0, 0.05) is 11.1 Å². The predicted octanol–water partition coefficient (Wildman–Crippen LogP) is 3.88. The third kappa shape index (κ3) is 2.85. The van der Waals surface area contributed by atoms with Crippen LogP contribution in [0, 0.1) is 11.8 Å². The Balaban J connectivity index is 1.92. The highest BCUT2D eigenvalue weighted by molar-refractivity contribution is 6.01. The van der Waals surface area contributed by atoms with Crippen LogP contribution in [0.4, 0.5) is 5.82 Å². The molecule has 0 atom stereocenters. The maximum Gasteiger partial charge on any atom is 0.233 e. The van der Waals surface area contributed by atoms with Crippen LogP contribution in [-0.2, 0) is 0 Å². The molecule has 0 fully saturated rings. The fraction of sp³-hybridized carbons (Fsp3) is 0.0476. The second-order valence-electron chi connectivity index (χ2n) is 5.59. The van der Waals surface area contributed by atoms with Gasteiger partial charge in [-0.15, -0.1) is 0 Å². The summed E-state index contributed by atoms with van der Waals surface area (Å²) in [6.45, 7) is 0. The average molecular weight is 341 g/mol. The van der Waals surface area contributed by atoms with Gasteiger partial charge < -0.3 is 14.9 Å². The molecule has 2 aromatic heterocycles. The Morgan fingerprint density at radius 3 is 2.46 bits per heavy atom. The van der Waals surface area contributed by atoms with Crippen LogP contribution in [0.2, 0.25) is 0 Å². The molecule has 0 bridgehead atoms. The van der Waals surface area contributed by atoms with Gasteiger partial charge in [0.1, 0.15) is 17.9 Å². The molecule has 0 unspecified atom stereocenters. The minimum Gasteiger partial charge on any atom is -0.497 e. The summed E-state index contributed by atoms with van der Waals surface area (Å²) in [6, 6.07) is 17.3. The van der Waals surface area contributed by atoms with E-state index in [1.165, 1.54) is 6.33 Å². The van der Waals surface area contributed by atoms with Gasteiger partial charge in [-0.05, 0) is 35.7 Å². The summed E-state index contributed by atoms with van der Waals surface area (Å²) in [6.07, 6.45) is 1.38. The first kappa shape index (κ1) is 15.7. The van der Waals surface area contributed by atoms with Crippen molar-refractivity contribution in [2.75, 3.05) is 12.8 Å². The Morgan fingerprint density at radius 2 is 1.73 bits per heavy atom. The molecule has 0 aliphatic heterocycles. The summed E-state index contributed by atoms with van der Waals surface area (Å²) >= 11 is 0. The highest BCUT2D eigenvalue weighted by atomic mass is 16.5. The molecule has 0 saturated carbocycles. The third-order valence-electron chi connectivity index (χ3n) is 3.99. The summed E-state index contributed by atoms with van der Waals surface area (Å²) < 4.78 is 11.1. The maximum atomic E-state index is 6.09. The van der Waals surface area contributed by atoms with E-state index in [0.717, 1.165) is 22.4 Å². The zero-order valence-electron chi connectivity index (χ0n) is 14.1. The Labute approximate surface area is 150 Å². The van der Waals surface area contributed by atoms with E-state index in [0.29, 0.717) is 22.7 Å². The molecule has 0 aliphatic carbocycles. The van der Waals surface area contributed by atoms with E-state index in [1.54, 1.807) is 7.11 Å². The summed E-state index contributed by atoms with van der Waals surface area (Å²) in [5, 5.41) is 0.662. The van der Waals surface area contributed by atoms with E-state index in [9.17, 15) is 0 Å². The molecule has 2 aromatic carbocycles. The van der Waals surface area contributed by atoms with E-state index < -0.39 is 0 Å². The first-order valence-electron chi connectivity index (χ1n) is 8.00. The molecule has 4 aromatic rings. The molecule has 0 amide bonds. The fourth-order valence-electron chi connectivity index (χ4n) is 2.73. The Bertz CT molecular complexity index is 1120. The molecule has 26 heavy (non-hydrogen) atoms. The van der Waals surface area contributed by atoms with Crippen LogP contribution in [0.1, 0.15) is 11.3 Å². The zero-order valence-corrected chi connectivity index (χ0v) is 14.1. The first-order chi connectivity index (χ1) is 12.8. The number of ether oxygens (including phenoxy) is 1. The van der Waals surface area contributed by atoms with Crippen LogP contribution in [0.15, 0.2) is 65.3 Å². The lowest BCUT2D eigenvalue weighted by Crippen LogP contribution is -1.92. The quantitative estimate of drug-likeness (QED) is 0.560. The minimum absolute atomic E-state index is 0.359. The van der Waals surface area contributed by atoms with Gasteiger partial charge in [-0.2, -0.15) is 0 Å². The topological polar surface area (TPSA) is 74.2 Å². The molecule has 2 N–H and O–H groups in total. The lowest BCUT2D eigenvalue weighted by atomic mass is 10.0. The number of hydrogen-bond acceptors (Lipinski definition) is 5. The molecule has 5 heteroatoms. The Kier molecular flexibility index (Phi) is 4.00. The highest BCUT2D eigenvalue weighted by Gasteiger charge is 2.18. The first-order valence-corrected chi connectivity index (χ1v) is 8.00. The molecule has 126 valence electrons. The highest BCUT2D eigenvalue weighted by Crippen LogP contribution is 2.36. The number of furan rings is 1. The number of rotatable bonds is 2. The van der Waals surface area contributed by atoms with Gasteiger partial charge in [-0.25, -0.2) is 9.97 Å². The van der Waals surface area contributed by atoms with E-state index >= 15 is 0 Å². The minimum atomic E-state index is 0.359. The summed E-state index contributed by atoms with van der Waals surface area (Å²) in [5.74, 6) is 7.84. The van der Waals surface area contributed by atoms with E-state index in [1.807, 2.05) is 54.6 Å². The predicted molar refractivity (Wildman–Crippen MR) is 101 cm³/mol. The number of aromatic nitrogens is 2. The molecule has 0 aliphatic rings. The zero-order chi connectivity index (χ0) is 17.9. The normalized spacial score (nSPS) is 10.3. The molecular formula is C21H15N3O2. The van der Waals surface area contributed by atoms with Gasteiger partial charge in [-0.1, -0.05) is 36.3 Å². The van der Waals surface area contributed by atoms with Crippen molar-refractivity contribution >= 4 is 16.9 Å². The van der Waals surface area contributed by atoms with E-state index in [-0.39, 0.29) is 0 Å². The fourth-order valence-corrected chi connectivity index (χ4v) is 2.73. The van der Waals surface area contributed by atoms with Crippen molar-refractivity contribution in [1.29, 1.82) is 0 Å². The average Bonchev–Trinajstić information content (AvgIpc) is 3.07. The van der Waals surface area contributed by atoms with Gasteiger partial charge in [0.15, 0.2) is 5.76 Å². The molecule has 0 saturated heterocycles. The van der Waals surface area contributed by atoms with Crippen molar-refractivity contribution in [2.24, 2.45) is 0 Å². The second-order valence-corrected chi connectivity index (χ2v) is 5.59. The van der Waals surface area contributed by atoms with Crippen molar-refractivity contribution in [3.63, 3.8) is 0 Å². The van der Waals surface area contributed by atoms with Gasteiger partial charge in [0.2, 0.25) is 5.71 Å². The van der Waals surface area contributed by atoms with Crippen LogP contribution in [0.5, 0.6) is 5.75 Å². The van der Waals surface area contributed by atoms with Gasteiger partial charge in [0.25, 0.3) is 0 Å². The largest absolute Gasteiger partial charge is 0.497 e. The van der Waals surface area contributed by atoms with E-state index in [2.05, 4.69) is 21.8 Å². The summed E-state index contributed by atoms with van der Waals surface area (Å²) in [4.78, 5) is 8.28. The van der Waals surface area contributed by atoms with Crippen LogP contribution in [-0.4, -0.2) is 17.1 Å². The Morgan fingerprint density at radius 1 is 0.962 bits per heavy atom. The molecule has 2 heterocycles. The van der Waals surface area contributed by atoms with Gasteiger partial charge >= 0.3 is 0 Å². The van der Waals surface area contributed by atoms with Crippen LogP contribution in [0.25, 0.3) is 22.2 Å². The number of methoxy groups -OCH3 is 1. The number of nitrogens with zero attached hydrogens (tertiary/aromatic N) is 2. The number of benzene rings is 2. The van der Waals surface area contributed by atoms with Crippen molar-refractivity contribution < 1.29 is 9.15 Å². The van der Waals surface area contributed by atoms with Crippen LogP contribution < -0.4 is 10.5 Å². The maximum absolute atomic E-state index is 6.09. The third-order valence-corrected chi connectivity index (χ3v) is 3.99. The van der Waals surface area contributed by atoms with Crippen LogP contribution >= 0.6 is 0 Å². The van der Waals surface area contributed by atoms with Crippen molar-refractivity contribution in [1.82, 2.24) is 9.97 Å². The van der Waals surface area contributed by atoms with Crippen molar-refractivity contribution in [2.45, 2.75) is 0 Å². The number of anilines is 1. The molecule has 4 rings (SSSR count). The number of nitrogens with two attached hydrogens (primary N) is 1. The lowest BCUT2D eigenvalue weighted by Gasteiger charge is -2.03. The molecule has 0 spiro atoms. The van der Waals surface area contributed by atoms with Gasteiger partial charge in [-0.3, -0.25) is 0 Å². The molecule has 5 nitrogen and oxygen atoms in total. The van der Waals surface area contributed by atoms with Gasteiger partial charge in [0.05, 0.1) is 12.5 Å². The SMILES string of the molecule is COc1ccc(-c2c(C#Cc3ccccc3)oc3ncnc(N)c23)cc1. The van der Waals surface area contributed by atoms with Crippen molar-refractivity contribution in [3.05, 3.63) is 72.2 Å². The van der Waals surface area contributed by atoms with Crippen LogP contribution in [0.3, 0.4) is 0 Å². The smallest absolute Gasteiger partial charge is 0.233 e. The van der Waals surface area contributed by atoms with Crippen molar-refractivity contribution in [3.8, 4) is 28.7 Å². The second kappa shape index (κ2) is 6.61. The standard InChI is InChI=1S/C21H15N3O2/c1-25-16-10-8-15(9-11-16)18-17(12-7-14-5-3-2-4-6-14)26-21-19(18)20(22)23-13-24-21/h2-6,8-11,13H,1H3,(H2,22,23,24). The number of fused-ring (bicyclic) bond motifs is 1. The molecular weight excluding hydrogens is 326 g/mol. The summed E-state index contributed by atoms with van der Waals surface area (Å²) in [7, 11) is 1.63.